The Bertz CT molecular complexity index is 733. The summed E-state index contributed by atoms with van der Waals surface area (Å²) in [7, 11) is 0. The van der Waals surface area contributed by atoms with Crippen molar-refractivity contribution in [3.63, 3.8) is 0 Å². The highest BCUT2D eigenvalue weighted by molar-refractivity contribution is 5.67. The molecule has 2 aromatic rings. The second-order valence-corrected chi connectivity index (χ2v) is 5.11. The van der Waals surface area contributed by atoms with E-state index in [0.717, 1.165) is 11.1 Å². The summed E-state index contributed by atoms with van der Waals surface area (Å²) < 4.78 is 5.10. The number of ether oxygens (including phenoxy) is 1. The Morgan fingerprint density at radius 1 is 1.21 bits per heavy atom. The quantitative estimate of drug-likeness (QED) is 0.448. The largest absolute Gasteiger partial charge is 0.445 e. The molecule has 0 saturated carbocycles. The van der Waals surface area contributed by atoms with Gasteiger partial charge in [-0.2, -0.15) is 0 Å². The lowest BCUT2D eigenvalue weighted by Gasteiger charge is -2.05. The van der Waals surface area contributed by atoms with Crippen LogP contribution >= 0.6 is 0 Å². The molecule has 2 aromatic carbocycles. The second kappa shape index (κ2) is 9.23. The SMILES string of the molecule is Nc1ccc(C#CCCNC(=O)OCc2ccccc2)cc1CO. The number of carbonyl (C=O) groups excluding carboxylic acids is 1. The Hall–Kier alpha value is -2.97. The topological polar surface area (TPSA) is 84.6 Å². The van der Waals surface area contributed by atoms with Crippen molar-refractivity contribution in [3.05, 3.63) is 65.2 Å². The normalized spacial score (nSPS) is 9.71. The van der Waals surface area contributed by atoms with E-state index in [-0.39, 0.29) is 13.2 Å². The van der Waals surface area contributed by atoms with Crippen molar-refractivity contribution in [2.45, 2.75) is 19.6 Å². The molecule has 5 nitrogen and oxygen atoms in total. The molecule has 2 rings (SSSR count). The van der Waals surface area contributed by atoms with Crippen molar-refractivity contribution in [3.8, 4) is 11.8 Å². The Morgan fingerprint density at radius 3 is 2.75 bits per heavy atom. The Labute approximate surface area is 141 Å². The number of nitrogens with one attached hydrogen (secondary N) is 1. The molecule has 0 atom stereocenters. The van der Waals surface area contributed by atoms with E-state index in [0.29, 0.717) is 24.2 Å². The number of aliphatic hydroxyl groups is 1. The maximum atomic E-state index is 11.5. The molecule has 0 saturated heterocycles. The second-order valence-electron chi connectivity index (χ2n) is 5.11. The fourth-order valence-corrected chi connectivity index (χ4v) is 1.99. The first-order chi connectivity index (χ1) is 11.7. The molecule has 0 aromatic heterocycles. The van der Waals surface area contributed by atoms with E-state index < -0.39 is 6.09 Å². The molecule has 0 aliphatic carbocycles. The van der Waals surface area contributed by atoms with Gasteiger partial charge >= 0.3 is 6.09 Å². The van der Waals surface area contributed by atoms with Crippen molar-refractivity contribution in [2.75, 3.05) is 12.3 Å². The van der Waals surface area contributed by atoms with E-state index in [1.54, 1.807) is 18.2 Å². The standard InChI is InChI=1S/C19H20N2O3/c20-18-10-9-15(12-17(18)13-22)6-4-5-11-21-19(23)24-14-16-7-2-1-3-8-16/h1-3,7-10,12,22H,5,11,13-14,20H2,(H,21,23). The minimum absolute atomic E-state index is 0.115. The van der Waals surface area contributed by atoms with E-state index in [4.69, 9.17) is 15.6 Å². The molecule has 0 radical (unpaired) electrons. The van der Waals surface area contributed by atoms with Crippen LogP contribution < -0.4 is 11.1 Å². The summed E-state index contributed by atoms with van der Waals surface area (Å²) in [5, 5.41) is 11.8. The fraction of sp³-hybridized carbons (Fsp3) is 0.211. The van der Waals surface area contributed by atoms with Gasteiger partial charge in [0.2, 0.25) is 0 Å². The molecule has 0 unspecified atom stereocenters. The predicted molar refractivity (Wildman–Crippen MR) is 92.9 cm³/mol. The lowest BCUT2D eigenvalue weighted by atomic mass is 10.1. The van der Waals surface area contributed by atoms with Gasteiger partial charge in [0.05, 0.1) is 6.61 Å². The number of nitrogen functional groups attached to an aromatic ring is 1. The molecule has 0 bridgehead atoms. The van der Waals surface area contributed by atoms with Crippen molar-refractivity contribution >= 4 is 11.8 Å². The zero-order valence-corrected chi connectivity index (χ0v) is 13.3. The van der Waals surface area contributed by atoms with E-state index in [2.05, 4.69) is 17.2 Å². The molecule has 0 heterocycles. The number of aliphatic hydroxyl groups excluding tert-OH is 1. The highest BCUT2D eigenvalue weighted by Gasteiger charge is 2.01. The highest BCUT2D eigenvalue weighted by atomic mass is 16.5. The van der Waals surface area contributed by atoms with Gasteiger partial charge in [0, 0.05) is 29.8 Å². The molecular weight excluding hydrogens is 304 g/mol. The molecule has 4 N–H and O–H groups in total. The van der Waals surface area contributed by atoms with Crippen molar-refractivity contribution in [1.29, 1.82) is 0 Å². The minimum Gasteiger partial charge on any atom is -0.445 e. The molecule has 0 fully saturated rings. The first kappa shape index (κ1) is 17.4. The van der Waals surface area contributed by atoms with E-state index in [1.807, 2.05) is 30.3 Å². The number of nitrogens with two attached hydrogens (primary N) is 1. The minimum atomic E-state index is -0.462. The summed E-state index contributed by atoms with van der Waals surface area (Å²) in [6, 6.07) is 14.8. The van der Waals surface area contributed by atoms with Crippen LogP contribution in [-0.2, 0) is 18.0 Å². The van der Waals surface area contributed by atoms with Crippen LogP contribution in [0.2, 0.25) is 0 Å². The van der Waals surface area contributed by atoms with Gasteiger partial charge in [-0.1, -0.05) is 42.2 Å². The van der Waals surface area contributed by atoms with Crippen molar-refractivity contribution < 1.29 is 14.6 Å². The van der Waals surface area contributed by atoms with Gasteiger partial charge < -0.3 is 20.9 Å². The van der Waals surface area contributed by atoms with Crippen LogP contribution in [0.3, 0.4) is 0 Å². The lowest BCUT2D eigenvalue weighted by molar-refractivity contribution is 0.140. The zero-order valence-electron chi connectivity index (χ0n) is 13.3. The van der Waals surface area contributed by atoms with Crippen LogP contribution in [-0.4, -0.2) is 17.7 Å². The van der Waals surface area contributed by atoms with Crippen molar-refractivity contribution in [2.24, 2.45) is 0 Å². The average Bonchev–Trinajstić information content (AvgIpc) is 2.62. The number of anilines is 1. The molecule has 124 valence electrons. The van der Waals surface area contributed by atoms with Gasteiger partial charge in [0.25, 0.3) is 0 Å². The third-order valence-electron chi connectivity index (χ3n) is 3.28. The number of alkyl carbamates (subject to hydrolysis) is 1. The fourth-order valence-electron chi connectivity index (χ4n) is 1.99. The number of carbonyl (C=O) groups is 1. The molecule has 5 heteroatoms. The van der Waals surface area contributed by atoms with Crippen molar-refractivity contribution in [1.82, 2.24) is 5.32 Å². The highest BCUT2D eigenvalue weighted by Crippen LogP contribution is 2.13. The van der Waals surface area contributed by atoms with Crippen LogP contribution in [0.1, 0.15) is 23.1 Å². The third kappa shape index (κ3) is 5.67. The Balaban J connectivity index is 1.70. The number of hydrogen-bond acceptors (Lipinski definition) is 4. The van der Waals surface area contributed by atoms with E-state index in [9.17, 15) is 4.79 Å². The van der Waals surface area contributed by atoms with Gasteiger partial charge in [-0.3, -0.25) is 0 Å². The maximum absolute atomic E-state index is 11.5. The zero-order chi connectivity index (χ0) is 17.2. The maximum Gasteiger partial charge on any atom is 0.407 e. The number of rotatable bonds is 5. The molecule has 0 aliphatic heterocycles. The summed E-state index contributed by atoms with van der Waals surface area (Å²) in [6.07, 6.45) is 0.0370. The molecule has 0 aliphatic rings. The van der Waals surface area contributed by atoms with Crippen LogP contribution in [0.15, 0.2) is 48.5 Å². The Kier molecular flexibility index (Phi) is 6.69. The van der Waals surface area contributed by atoms with Crippen LogP contribution in [0.25, 0.3) is 0 Å². The molecule has 0 spiro atoms. The summed E-state index contributed by atoms with van der Waals surface area (Å²) in [5.74, 6) is 5.93. The van der Waals surface area contributed by atoms with Gasteiger partial charge in [-0.15, -0.1) is 0 Å². The Morgan fingerprint density at radius 2 is 2.00 bits per heavy atom. The summed E-state index contributed by atoms with van der Waals surface area (Å²) in [4.78, 5) is 11.5. The number of hydrogen-bond donors (Lipinski definition) is 3. The number of benzene rings is 2. The molecule has 24 heavy (non-hydrogen) atoms. The van der Waals surface area contributed by atoms with Crippen LogP contribution in [0.4, 0.5) is 10.5 Å². The van der Waals surface area contributed by atoms with Crippen LogP contribution in [0, 0.1) is 11.8 Å². The van der Waals surface area contributed by atoms with Gasteiger partial charge in [0.15, 0.2) is 0 Å². The van der Waals surface area contributed by atoms with Gasteiger partial charge in [0.1, 0.15) is 6.61 Å². The molecule has 1 amide bonds. The summed E-state index contributed by atoms with van der Waals surface area (Å²) >= 11 is 0. The average molecular weight is 324 g/mol. The van der Waals surface area contributed by atoms with E-state index in [1.165, 1.54) is 0 Å². The lowest BCUT2D eigenvalue weighted by Crippen LogP contribution is -2.24. The predicted octanol–water partition coefficient (Wildman–Crippen LogP) is 2.43. The number of amides is 1. The first-order valence-corrected chi connectivity index (χ1v) is 7.61. The molecular formula is C19H20N2O3. The first-order valence-electron chi connectivity index (χ1n) is 7.61. The van der Waals surface area contributed by atoms with E-state index >= 15 is 0 Å². The summed E-state index contributed by atoms with van der Waals surface area (Å²) in [5.41, 5.74) is 8.63. The van der Waals surface area contributed by atoms with Gasteiger partial charge in [-0.25, -0.2) is 4.79 Å². The monoisotopic (exact) mass is 324 g/mol. The van der Waals surface area contributed by atoms with Gasteiger partial charge in [-0.05, 0) is 23.8 Å². The smallest absolute Gasteiger partial charge is 0.407 e. The summed E-state index contributed by atoms with van der Waals surface area (Å²) in [6.45, 7) is 0.534. The third-order valence-corrected chi connectivity index (χ3v) is 3.28. The van der Waals surface area contributed by atoms with Crippen LogP contribution in [0.5, 0.6) is 0 Å².